The first-order chi connectivity index (χ1) is 19.5. The Morgan fingerprint density at radius 1 is 0.128 bits per heavy atom. The lowest BCUT2D eigenvalue weighted by atomic mass is 10.0. The summed E-state index contributed by atoms with van der Waals surface area (Å²) in [6.07, 6.45) is 37.5. The summed E-state index contributed by atoms with van der Waals surface area (Å²) < 4.78 is 0. The maximum Gasteiger partial charge on any atom is 0.0319 e. The number of aliphatic hydroxyl groups is 7. The van der Waals surface area contributed by atoms with Gasteiger partial charge in [-0.25, -0.2) is 0 Å². The molecule has 1 aliphatic rings. The van der Waals surface area contributed by atoms with E-state index in [9.17, 15) is 0 Å². The van der Waals surface area contributed by atoms with Crippen LogP contribution < -0.4 is 0 Å². The van der Waals surface area contributed by atoms with Gasteiger partial charge in [0.05, 0.1) is 0 Å². The van der Waals surface area contributed by atoms with Crippen LogP contribution in [-0.4, -0.2) is 85.5 Å². The van der Waals surface area contributed by atoms with Crippen LogP contribution in [0, 0.1) is 0 Å². The molecule has 1 saturated carbocycles. The summed E-state index contributed by atoms with van der Waals surface area (Å²) in [7, 11) is 7.00. The zero-order chi connectivity index (χ0) is 31.7. The normalized spacial score (nSPS) is 16.5. The van der Waals surface area contributed by atoms with Crippen LogP contribution in [-0.2, 0) is 0 Å². The van der Waals surface area contributed by atoms with Gasteiger partial charge in [0.2, 0.25) is 0 Å². The van der Waals surface area contributed by atoms with Gasteiger partial charge in [-0.05, 0) is 0 Å². The molecule has 1 fully saturated rings. The molecule has 0 spiro atoms. The second-order valence-electron chi connectivity index (χ2n) is 8.84. The minimum Gasteiger partial charge on any atom is -0.400 e. The van der Waals surface area contributed by atoms with Crippen LogP contribution in [0.1, 0.15) is 161 Å². The molecule has 0 aliphatic heterocycles. The number of aliphatic hydroxyl groups excluding tert-OH is 7. The van der Waals surface area contributed by atoms with Gasteiger partial charge in [-0.2, -0.15) is 0 Å². The third-order valence-corrected chi connectivity index (χ3v) is 6.25. The van der Waals surface area contributed by atoms with Gasteiger partial charge in [0.25, 0.3) is 0 Å². The molecule has 39 heavy (non-hydrogen) atoms. The second kappa shape index (κ2) is 83.2. The fraction of sp³-hybridized carbons (Fsp3) is 1.00. The first-order valence-electron chi connectivity index (χ1n) is 15.6. The van der Waals surface area contributed by atoms with E-state index in [0.29, 0.717) is 0 Å². The summed E-state index contributed by atoms with van der Waals surface area (Å²) in [5, 5.41) is 49.0. The lowest BCUT2D eigenvalue weighted by molar-refractivity contribution is 0.399. The van der Waals surface area contributed by atoms with Crippen LogP contribution >= 0.6 is 0 Å². The molecule has 248 valence electrons. The lowest BCUT2D eigenvalue weighted by Gasteiger charge is -2.04. The molecule has 0 bridgehead atoms. The minimum absolute atomic E-state index is 1.00. The Morgan fingerprint density at radius 3 is 0.179 bits per heavy atom. The molecule has 0 radical (unpaired) electrons. The van der Waals surface area contributed by atoms with Gasteiger partial charge in [-0.15, -0.1) is 0 Å². The van der Waals surface area contributed by atoms with Crippen molar-refractivity contribution in [1.29, 1.82) is 0 Å². The van der Waals surface area contributed by atoms with Gasteiger partial charge in [0.15, 0.2) is 0 Å². The summed E-state index contributed by atoms with van der Waals surface area (Å²) in [4.78, 5) is 0. The van der Waals surface area contributed by atoms with E-state index in [1.165, 1.54) is 161 Å². The van der Waals surface area contributed by atoms with E-state index in [4.69, 9.17) is 35.7 Å². The Hall–Kier alpha value is -0.280. The number of hydrogen-bond donors (Lipinski definition) is 7. The summed E-state index contributed by atoms with van der Waals surface area (Å²) in [6.45, 7) is 0. The number of hydrogen-bond acceptors (Lipinski definition) is 7. The summed E-state index contributed by atoms with van der Waals surface area (Å²) in [6, 6.07) is 0. The van der Waals surface area contributed by atoms with E-state index in [1.54, 1.807) is 0 Å². The van der Waals surface area contributed by atoms with Crippen molar-refractivity contribution in [2.75, 3.05) is 49.8 Å². The summed E-state index contributed by atoms with van der Waals surface area (Å²) in [5.41, 5.74) is 0. The van der Waals surface area contributed by atoms with Gasteiger partial charge in [-0.3, -0.25) is 0 Å². The topological polar surface area (TPSA) is 142 Å². The van der Waals surface area contributed by atoms with Crippen LogP contribution in [0.5, 0.6) is 0 Å². The number of rotatable bonds is 0. The van der Waals surface area contributed by atoms with Gasteiger partial charge in [0, 0.05) is 49.8 Å². The zero-order valence-electron chi connectivity index (χ0n) is 27.8. The standard InChI is InChI=1S/C25H50.7CH4O/c1-2-4-6-8-10-12-14-16-18-20-22-24-25-23-21-19-17-15-13-11-9-7-5-3-1;7*1-2/h1-25H2;7*2H,1H3. The monoisotopic (exact) mass is 575 g/mol. The van der Waals surface area contributed by atoms with Crippen LogP contribution in [0.2, 0.25) is 0 Å². The Kier molecular flexibility index (Phi) is 117. The molecule has 0 heterocycles. The second-order valence-corrected chi connectivity index (χ2v) is 8.84. The molecule has 1 aliphatic carbocycles. The van der Waals surface area contributed by atoms with Crippen molar-refractivity contribution < 1.29 is 35.7 Å². The largest absolute Gasteiger partial charge is 0.400 e. The quantitative estimate of drug-likeness (QED) is 0.165. The van der Waals surface area contributed by atoms with E-state index in [-0.39, 0.29) is 0 Å². The molecule has 7 nitrogen and oxygen atoms in total. The van der Waals surface area contributed by atoms with E-state index >= 15 is 0 Å². The van der Waals surface area contributed by atoms with E-state index in [1.807, 2.05) is 0 Å². The molecule has 1 rings (SSSR count). The van der Waals surface area contributed by atoms with E-state index in [2.05, 4.69) is 0 Å². The lowest BCUT2D eigenvalue weighted by Crippen LogP contribution is -1.84. The predicted octanol–water partition coefficient (Wildman–Crippen LogP) is 7.01. The van der Waals surface area contributed by atoms with Gasteiger partial charge in [0.1, 0.15) is 0 Å². The molecule has 0 unspecified atom stereocenters. The summed E-state index contributed by atoms with van der Waals surface area (Å²) >= 11 is 0. The Balaban J connectivity index is -0.000000126. The van der Waals surface area contributed by atoms with Crippen molar-refractivity contribution in [3.05, 3.63) is 0 Å². The molecule has 7 N–H and O–H groups in total. The molecule has 0 saturated heterocycles. The Morgan fingerprint density at radius 2 is 0.154 bits per heavy atom. The van der Waals surface area contributed by atoms with Gasteiger partial charge >= 0.3 is 0 Å². The van der Waals surface area contributed by atoms with Crippen molar-refractivity contribution in [3.63, 3.8) is 0 Å². The van der Waals surface area contributed by atoms with Crippen molar-refractivity contribution in [3.8, 4) is 0 Å². The predicted molar refractivity (Wildman–Crippen MR) is 172 cm³/mol. The summed E-state index contributed by atoms with van der Waals surface area (Å²) in [5.74, 6) is 0. The molecule has 0 amide bonds. The molecule has 0 atom stereocenters. The molecule has 7 heteroatoms. The van der Waals surface area contributed by atoms with Gasteiger partial charge < -0.3 is 35.7 Å². The van der Waals surface area contributed by atoms with Crippen molar-refractivity contribution in [2.45, 2.75) is 161 Å². The smallest absolute Gasteiger partial charge is 0.0319 e. The molecule has 0 aromatic rings. The highest BCUT2D eigenvalue weighted by molar-refractivity contribution is 4.53. The van der Waals surface area contributed by atoms with Gasteiger partial charge in [-0.1, -0.05) is 161 Å². The highest BCUT2D eigenvalue weighted by atomic mass is 16.2. The van der Waals surface area contributed by atoms with Crippen molar-refractivity contribution >= 4 is 0 Å². The molecular weight excluding hydrogens is 496 g/mol. The molecule has 0 aromatic heterocycles. The van der Waals surface area contributed by atoms with Crippen molar-refractivity contribution in [2.24, 2.45) is 0 Å². The van der Waals surface area contributed by atoms with E-state index in [0.717, 1.165) is 49.8 Å². The Labute approximate surface area is 246 Å². The van der Waals surface area contributed by atoms with E-state index < -0.39 is 0 Å². The average Bonchev–Trinajstić information content (AvgIpc) is 3.04. The third kappa shape index (κ3) is 78.8. The highest BCUT2D eigenvalue weighted by Gasteiger charge is 1.97. The fourth-order valence-electron chi connectivity index (χ4n) is 4.42. The first-order valence-corrected chi connectivity index (χ1v) is 15.6. The first kappa shape index (κ1) is 54.8. The fourth-order valence-corrected chi connectivity index (χ4v) is 4.42. The maximum absolute atomic E-state index is 7.00. The van der Waals surface area contributed by atoms with Crippen molar-refractivity contribution in [1.82, 2.24) is 0 Å². The Bertz CT molecular complexity index is 143. The van der Waals surface area contributed by atoms with Crippen LogP contribution in [0.15, 0.2) is 0 Å². The molecule has 0 aromatic carbocycles. The maximum atomic E-state index is 7.00. The van der Waals surface area contributed by atoms with Crippen LogP contribution in [0.25, 0.3) is 0 Å². The zero-order valence-corrected chi connectivity index (χ0v) is 27.8. The third-order valence-electron chi connectivity index (χ3n) is 6.25. The highest BCUT2D eigenvalue weighted by Crippen LogP contribution is 2.17. The van der Waals surface area contributed by atoms with Crippen LogP contribution in [0.3, 0.4) is 0 Å². The SMILES string of the molecule is C1CCCCCCCCCCCCCCCCCCCCCCCC1.CO.CO.CO.CO.CO.CO.CO. The average molecular weight is 575 g/mol. The molecular formula is C32H78O7. The minimum atomic E-state index is 1.00. The van der Waals surface area contributed by atoms with Crippen LogP contribution in [0.4, 0.5) is 0 Å².